The molecule has 3 nitrogen and oxygen atoms in total. The van der Waals surface area contributed by atoms with E-state index in [-0.39, 0.29) is 12.1 Å². The number of ether oxygens (including phenoxy) is 1. The third-order valence-electron chi connectivity index (χ3n) is 4.70. The molecular weight excluding hydrogens is 248 g/mol. The van der Waals surface area contributed by atoms with Crippen LogP contribution in [0.1, 0.15) is 35.6 Å². The molecule has 1 N–H and O–H groups in total. The summed E-state index contributed by atoms with van der Waals surface area (Å²) in [6, 6.07) is 7.76. The van der Waals surface area contributed by atoms with Crippen molar-refractivity contribution in [1.82, 2.24) is 10.2 Å². The molecule has 0 aliphatic carbocycles. The average molecular weight is 274 g/mol. The van der Waals surface area contributed by atoms with Crippen molar-refractivity contribution in [3.8, 4) is 0 Å². The van der Waals surface area contributed by atoms with Crippen LogP contribution in [0.2, 0.25) is 0 Å². The molecule has 1 aromatic carbocycles. The molecule has 3 heteroatoms. The first-order chi connectivity index (χ1) is 9.67. The molecule has 0 amide bonds. The fourth-order valence-electron chi connectivity index (χ4n) is 3.80. The van der Waals surface area contributed by atoms with Crippen molar-refractivity contribution in [1.29, 1.82) is 0 Å². The van der Waals surface area contributed by atoms with Crippen molar-refractivity contribution in [2.45, 2.75) is 44.9 Å². The van der Waals surface area contributed by atoms with E-state index in [1.54, 1.807) is 0 Å². The lowest BCUT2D eigenvalue weighted by Gasteiger charge is -2.39. The van der Waals surface area contributed by atoms with Gasteiger partial charge in [0.15, 0.2) is 0 Å². The molecule has 3 atom stereocenters. The van der Waals surface area contributed by atoms with Gasteiger partial charge in [-0.3, -0.25) is 4.90 Å². The van der Waals surface area contributed by atoms with Crippen molar-refractivity contribution in [2.75, 3.05) is 26.7 Å². The van der Waals surface area contributed by atoms with Gasteiger partial charge in [0.25, 0.3) is 0 Å². The Hall–Kier alpha value is -0.900. The smallest absolute Gasteiger partial charge is 0.0897 e. The molecule has 0 aromatic heterocycles. The van der Waals surface area contributed by atoms with Crippen LogP contribution < -0.4 is 5.32 Å². The van der Waals surface area contributed by atoms with Crippen LogP contribution in [0, 0.1) is 13.8 Å². The lowest BCUT2D eigenvalue weighted by molar-refractivity contribution is -0.0642. The van der Waals surface area contributed by atoms with Gasteiger partial charge in [-0.1, -0.05) is 29.3 Å². The second-order valence-electron chi connectivity index (χ2n) is 6.35. The van der Waals surface area contributed by atoms with Gasteiger partial charge in [-0.25, -0.2) is 0 Å². The number of fused-ring (bicyclic) bond motifs is 1. The van der Waals surface area contributed by atoms with E-state index in [1.807, 2.05) is 7.05 Å². The van der Waals surface area contributed by atoms with E-state index in [9.17, 15) is 0 Å². The first kappa shape index (κ1) is 14.1. The predicted octanol–water partition coefficient (Wildman–Crippen LogP) is 2.43. The number of morpholine rings is 1. The molecule has 0 saturated carbocycles. The van der Waals surface area contributed by atoms with Crippen molar-refractivity contribution in [3.05, 3.63) is 34.9 Å². The Morgan fingerprint density at radius 1 is 1.25 bits per heavy atom. The molecule has 2 fully saturated rings. The Bertz CT molecular complexity index is 454. The third-order valence-corrected chi connectivity index (χ3v) is 4.70. The number of hydrogen-bond donors (Lipinski definition) is 1. The topological polar surface area (TPSA) is 24.5 Å². The molecule has 0 radical (unpaired) electrons. The summed E-state index contributed by atoms with van der Waals surface area (Å²) in [7, 11) is 2.04. The number of likely N-dealkylation sites (N-methyl/N-ethyl adjacent to an activating group) is 1. The standard InChI is InChI=1S/C17H26N2O/c1-12-7-13(2)9-14(8-12)17(18-3)16-10-19-6-4-5-15(19)11-20-16/h7-9,15-18H,4-6,10-11H2,1-3H3. The maximum Gasteiger partial charge on any atom is 0.0897 e. The van der Waals surface area contributed by atoms with E-state index in [4.69, 9.17) is 4.74 Å². The summed E-state index contributed by atoms with van der Waals surface area (Å²) in [6.45, 7) is 7.54. The summed E-state index contributed by atoms with van der Waals surface area (Å²) in [5.74, 6) is 0. The molecule has 0 spiro atoms. The van der Waals surface area contributed by atoms with Crippen LogP contribution in [0.3, 0.4) is 0 Å². The molecule has 2 saturated heterocycles. The number of nitrogens with zero attached hydrogens (tertiary/aromatic N) is 1. The van der Waals surface area contributed by atoms with Gasteiger partial charge in [-0.15, -0.1) is 0 Å². The normalized spacial score (nSPS) is 28.4. The van der Waals surface area contributed by atoms with Gasteiger partial charge in [-0.05, 0) is 45.8 Å². The van der Waals surface area contributed by atoms with E-state index < -0.39 is 0 Å². The lowest BCUT2D eigenvalue weighted by Crippen LogP contribution is -2.50. The maximum absolute atomic E-state index is 6.17. The van der Waals surface area contributed by atoms with Gasteiger partial charge in [0.05, 0.1) is 18.8 Å². The van der Waals surface area contributed by atoms with Crippen LogP contribution in [0.4, 0.5) is 0 Å². The van der Waals surface area contributed by atoms with E-state index in [2.05, 4.69) is 42.3 Å². The predicted molar refractivity (Wildman–Crippen MR) is 82.1 cm³/mol. The molecule has 3 rings (SSSR count). The highest BCUT2D eigenvalue weighted by molar-refractivity contribution is 5.31. The van der Waals surface area contributed by atoms with Crippen molar-refractivity contribution in [2.24, 2.45) is 0 Å². The van der Waals surface area contributed by atoms with Gasteiger partial charge in [0.1, 0.15) is 0 Å². The van der Waals surface area contributed by atoms with Gasteiger partial charge >= 0.3 is 0 Å². The van der Waals surface area contributed by atoms with E-state index in [0.717, 1.165) is 13.2 Å². The first-order valence-corrected chi connectivity index (χ1v) is 7.78. The van der Waals surface area contributed by atoms with Crippen LogP contribution in [-0.2, 0) is 4.74 Å². The van der Waals surface area contributed by atoms with Gasteiger partial charge in [0.2, 0.25) is 0 Å². The highest BCUT2D eigenvalue weighted by Gasteiger charge is 2.35. The molecule has 3 unspecified atom stereocenters. The number of nitrogens with one attached hydrogen (secondary N) is 1. The van der Waals surface area contributed by atoms with Crippen molar-refractivity contribution >= 4 is 0 Å². The quantitative estimate of drug-likeness (QED) is 0.916. The summed E-state index contributed by atoms with van der Waals surface area (Å²) in [5, 5.41) is 3.47. The van der Waals surface area contributed by atoms with E-state index in [1.165, 1.54) is 36.1 Å². The third kappa shape index (κ3) is 2.76. The number of aryl methyl sites for hydroxylation is 2. The lowest BCUT2D eigenvalue weighted by atomic mass is 9.96. The highest BCUT2D eigenvalue weighted by atomic mass is 16.5. The molecule has 1 aromatic rings. The van der Waals surface area contributed by atoms with Crippen molar-refractivity contribution in [3.63, 3.8) is 0 Å². The second kappa shape index (κ2) is 5.84. The number of rotatable bonds is 3. The Kier molecular flexibility index (Phi) is 4.11. The zero-order valence-electron chi connectivity index (χ0n) is 12.9. The summed E-state index contributed by atoms with van der Waals surface area (Å²) in [5.41, 5.74) is 4.01. The Balaban J connectivity index is 1.79. The average Bonchev–Trinajstić information content (AvgIpc) is 2.86. The molecule has 2 heterocycles. The molecule has 0 bridgehead atoms. The van der Waals surface area contributed by atoms with E-state index >= 15 is 0 Å². The van der Waals surface area contributed by atoms with Crippen LogP contribution in [0.15, 0.2) is 18.2 Å². The van der Waals surface area contributed by atoms with Crippen molar-refractivity contribution < 1.29 is 4.74 Å². The van der Waals surface area contributed by atoms with Crippen LogP contribution in [-0.4, -0.2) is 43.8 Å². The summed E-state index contributed by atoms with van der Waals surface area (Å²) in [6.07, 6.45) is 2.89. The summed E-state index contributed by atoms with van der Waals surface area (Å²) in [4.78, 5) is 2.61. The van der Waals surface area contributed by atoms with E-state index in [0.29, 0.717) is 6.04 Å². The Morgan fingerprint density at radius 2 is 2.00 bits per heavy atom. The highest BCUT2D eigenvalue weighted by Crippen LogP contribution is 2.29. The fraction of sp³-hybridized carbons (Fsp3) is 0.647. The molecule has 2 aliphatic heterocycles. The minimum absolute atomic E-state index is 0.260. The zero-order chi connectivity index (χ0) is 14.1. The molecular formula is C17H26N2O. The number of benzene rings is 1. The Morgan fingerprint density at radius 3 is 2.70 bits per heavy atom. The molecule has 2 aliphatic rings. The van der Waals surface area contributed by atoms with Gasteiger partial charge < -0.3 is 10.1 Å². The summed E-state index contributed by atoms with van der Waals surface area (Å²) >= 11 is 0. The fourth-order valence-corrected chi connectivity index (χ4v) is 3.80. The monoisotopic (exact) mass is 274 g/mol. The first-order valence-electron chi connectivity index (χ1n) is 7.78. The van der Waals surface area contributed by atoms with Crippen LogP contribution in [0.25, 0.3) is 0 Å². The maximum atomic E-state index is 6.17. The zero-order valence-corrected chi connectivity index (χ0v) is 12.9. The van der Waals surface area contributed by atoms with Gasteiger partial charge in [0, 0.05) is 12.6 Å². The second-order valence-corrected chi connectivity index (χ2v) is 6.35. The minimum Gasteiger partial charge on any atom is -0.373 e. The summed E-state index contributed by atoms with van der Waals surface area (Å²) < 4.78 is 6.17. The van der Waals surface area contributed by atoms with Crippen LogP contribution in [0.5, 0.6) is 0 Å². The number of hydrogen-bond acceptors (Lipinski definition) is 3. The minimum atomic E-state index is 0.260. The molecule has 110 valence electrons. The van der Waals surface area contributed by atoms with Gasteiger partial charge in [-0.2, -0.15) is 0 Å². The SMILES string of the molecule is CNC(c1cc(C)cc(C)c1)C1CN2CCCC2CO1. The Labute approximate surface area is 122 Å². The largest absolute Gasteiger partial charge is 0.373 e. The van der Waals surface area contributed by atoms with Crippen LogP contribution >= 0.6 is 0 Å². The molecule has 20 heavy (non-hydrogen) atoms.